The van der Waals surface area contributed by atoms with Crippen LogP contribution < -0.4 is 0 Å². The van der Waals surface area contributed by atoms with Gasteiger partial charge in [-0.1, -0.05) is 19.8 Å². The minimum atomic E-state index is 0. The van der Waals surface area contributed by atoms with Gasteiger partial charge in [0.25, 0.3) is 0 Å². The molecule has 14 heavy (non-hydrogen) atoms. The van der Waals surface area contributed by atoms with Crippen molar-refractivity contribution in [1.82, 2.24) is 0 Å². The van der Waals surface area contributed by atoms with Crippen LogP contribution in [0.1, 0.15) is 18.9 Å². The number of aryl methyl sites for hydroxylation is 1. The summed E-state index contributed by atoms with van der Waals surface area (Å²) in [5, 5.41) is 0. The molecule has 0 aromatic heterocycles. The Morgan fingerprint density at radius 3 is 1.93 bits per heavy atom. The molecule has 0 aliphatic heterocycles. The van der Waals surface area contributed by atoms with Crippen molar-refractivity contribution in [2.45, 2.75) is 19.8 Å². The summed E-state index contributed by atoms with van der Waals surface area (Å²) in [6.45, 7) is 2.20. The average Bonchev–Trinajstić information content (AvgIpc) is 2.79. The third-order valence-electron chi connectivity index (χ3n) is 1.83. The van der Waals surface area contributed by atoms with Gasteiger partial charge < -0.3 is 0 Å². The summed E-state index contributed by atoms with van der Waals surface area (Å²) < 4.78 is 0. The van der Waals surface area contributed by atoms with E-state index in [1.54, 1.807) is 0 Å². The van der Waals surface area contributed by atoms with Crippen LogP contribution in [-0.2, 0) is 32.6 Å². The number of hydrogen-bond acceptors (Lipinski definition) is 0. The molecule has 0 saturated carbocycles. The molecule has 2 aromatic rings. The van der Waals surface area contributed by atoms with Crippen molar-refractivity contribution < 1.29 is 26.2 Å². The summed E-state index contributed by atoms with van der Waals surface area (Å²) in [5.41, 5.74) is 1.47. The van der Waals surface area contributed by atoms with Gasteiger partial charge in [-0.3, -0.25) is 0 Å². The average molecular weight is 263 g/mol. The standard InChI is InChI=1S/C8H11.C5H5.Zr/c1-2-5-8-6-3-4-7-8;1-2-4-5-3-1;/h3-4,6-7H,2,5H2,1H3;1-5H;/q2*-1;+2. The molecule has 0 bridgehead atoms. The van der Waals surface area contributed by atoms with Gasteiger partial charge in [-0.05, 0) is 0 Å². The SMILES string of the molecule is CCC[c-]1cccc1.[Zr+2].c1cc[cH-]c1. The summed E-state index contributed by atoms with van der Waals surface area (Å²) in [6, 6.07) is 18.5. The molecule has 0 N–H and O–H groups in total. The van der Waals surface area contributed by atoms with Gasteiger partial charge in [0.15, 0.2) is 0 Å². The molecular formula is C13H16Zr. The first kappa shape index (κ1) is 13.6. The first-order chi connectivity index (χ1) is 6.43. The Morgan fingerprint density at radius 1 is 1.00 bits per heavy atom. The summed E-state index contributed by atoms with van der Waals surface area (Å²) >= 11 is 0. The molecule has 2 aromatic carbocycles. The van der Waals surface area contributed by atoms with Crippen LogP contribution in [0.2, 0.25) is 0 Å². The van der Waals surface area contributed by atoms with Crippen LogP contribution in [0.5, 0.6) is 0 Å². The molecule has 0 saturated heterocycles. The van der Waals surface area contributed by atoms with Crippen molar-refractivity contribution in [3.8, 4) is 0 Å². The van der Waals surface area contributed by atoms with E-state index in [2.05, 4.69) is 31.2 Å². The molecule has 0 aliphatic carbocycles. The third-order valence-corrected chi connectivity index (χ3v) is 1.83. The van der Waals surface area contributed by atoms with Crippen LogP contribution in [0.25, 0.3) is 0 Å². The maximum atomic E-state index is 2.20. The van der Waals surface area contributed by atoms with Gasteiger partial charge in [0.2, 0.25) is 0 Å². The second kappa shape index (κ2) is 9.15. The second-order valence-corrected chi connectivity index (χ2v) is 3.01. The minimum absolute atomic E-state index is 0. The molecule has 0 unspecified atom stereocenters. The topological polar surface area (TPSA) is 0 Å². The van der Waals surface area contributed by atoms with Gasteiger partial charge in [0, 0.05) is 0 Å². The molecule has 0 radical (unpaired) electrons. The van der Waals surface area contributed by atoms with E-state index in [9.17, 15) is 0 Å². The van der Waals surface area contributed by atoms with Gasteiger partial charge in [-0.15, -0.1) is 0 Å². The van der Waals surface area contributed by atoms with E-state index in [1.165, 1.54) is 18.4 Å². The van der Waals surface area contributed by atoms with Gasteiger partial charge in [-0.2, -0.15) is 35.9 Å². The predicted molar refractivity (Wildman–Crippen MR) is 58.1 cm³/mol. The summed E-state index contributed by atoms with van der Waals surface area (Å²) in [4.78, 5) is 0. The Bertz CT molecular complexity index is 249. The first-order valence-electron chi connectivity index (χ1n) is 4.80. The molecule has 0 heterocycles. The quantitative estimate of drug-likeness (QED) is 0.724. The van der Waals surface area contributed by atoms with Crippen LogP contribution in [0, 0.1) is 0 Å². The van der Waals surface area contributed by atoms with Gasteiger partial charge in [-0.25, -0.2) is 24.3 Å². The Labute approximate surface area is 106 Å². The Balaban J connectivity index is 0.000000246. The molecule has 0 atom stereocenters. The molecule has 0 amide bonds. The van der Waals surface area contributed by atoms with Crippen molar-refractivity contribution in [3.05, 3.63) is 60.2 Å². The van der Waals surface area contributed by atoms with Crippen LogP contribution in [0.15, 0.2) is 54.6 Å². The minimum Gasteiger partial charge on any atom is -0.214 e. The second-order valence-electron chi connectivity index (χ2n) is 3.01. The first-order valence-corrected chi connectivity index (χ1v) is 4.80. The summed E-state index contributed by atoms with van der Waals surface area (Å²) in [6.07, 6.45) is 2.48. The smallest absolute Gasteiger partial charge is 0.214 e. The monoisotopic (exact) mass is 262 g/mol. The van der Waals surface area contributed by atoms with Crippen LogP contribution in [0.3, 0.4) is 0 Å². The summed E-state index contributed by atoms with van der Waals surface area (Å²) in [5.74, 6) is 0. The van der Waals surface area contributed by atoms with Crippen molar-refractivity contribution in [2.24, 2.45) is 0 Å². The zero-order valence-corrected chi connectivity index (χ0v) is 11.1. The van der Waals surface area contributed by atoms with Crippen LogP contribution in [0.4, 0.5) is 0 Å². The van der Waals surface area contributed by atoms with E-state index in [0.29, 0.717) is 0 Å². The molecule has 2 rings (SSSR count). The van der Waals surface area contributed by atoms with Crippen molar-refractivity contribution in [3.63, 3.8) is 0 Å². The van der Waals surface area contributed by atoms with Gasteiger partial charge >= 0.3 is 26.2 Å². The zero-order valence-electron chi connectivity index (χ0n) is 8.61. The molecular weight excluding hydrogens is 247 g/mol. The molecule has 0 fully saturated rings. The molecule has 1 heteroatoms. The Kier molecular flexibility index (Phi) is 8.88. The molecule has 0 aliphatic rings. The van der Waals surface area contributed by atoms with Crippen LogP contribution in [-0.4, -0.2) is 0 Å². The Hall–Kier alpha value is -0.417. The van der Waals surface area contributed by atoms with E-state index in [1.807, 2.05) is 30.3 Å². The maximum Gasteiger partial charge on any atom is 2.00 e. The van der Waals surface area contributed by atoms with E-state index >= 15 is 0 Å². The third kappa shape index (κ3) is 6.10. The fourth-order valence-corrected chi connectivity index (χ4v) is 1.19. The zero-order chi connectivity index (χ0) is 9.36. The Morgan fingerprint density at radius 2 is 1.57 bits per heavy atom. The fraction of sp³-hybridized carbons (Fsp3) is 0.231. The van der Waals surface area contributed by atoms with E-state index in [4.69, 9.17) is 0 Å². The largest absolute Gasteiger partial charge is 2.00 e. The van der Waals surface area contributed by atoms with Crippen molar-refractivity contribution in [1.29, 1.82) is 0 Å². The van der Waals surface area contributed by atoms with Crippen LogP contribution >= 0.6 is 0 Å². The molecule has 72 valence electrons. The van der Waals surface area contributed by atoms with E-state index in [-0.39, 0.29) is 26.2 Å². The normalized spacial score (nSPS) is 8.36. The van der Waals surface area contributed by atoms with Crippen molar-refractivity contribution >= 4 is 0 Å². The van der Waals surface area contributed by atoms with Gasteiger partial charge in [0.1, 0.15) is 0 Å². The molecule has 0 spiro atoms. The summed E-state index contributed by atoms with van der Waals surface area (Å²) in [7, 11) is 0. The predicted octanol–water partition coefficient (Wildman–Crippen LogP) is 3.76. The number of hydrogen-bond donors (Lipinski definition) is 0. The van der Waals surface area contributed by atoms with Gasteiger partial charge in [0.05, 0.1) is 0 Å². The van der Waals surface area contributed by atoms with E-state index < -0.39 is 0 Å². The fourth-order valence-electron chi connectivity index (χ4n) is 1.19. The number of rotatable bonds is 2. The van der Waals surface area contributed by atoms with Crippen molar-refractivity contribution in [2.75, 3.05) is 0 Å². The van der Waals surface area contributed by atoms with E-state index in [0.717, 1.165) is 0 Å². The maximum absolute atomic E-state index is 2.20. The molecule has 0 nitrogen and oxygen atoms in total.